The number of rotatable bonds is 4. The monoisotopic (exact) mass is 227 g/mol. The molecule has 0 aliphatic heterocycles. The highest BCUT2D eigenvalue weighted by Crippen LogP contribution is 2.18. The average molecular weight is 227 g/mol. The molecule has 0 aromatic rings. The van der Waals surface area contributed by atoms with Crippen LogP contribution in [0.15, 0.2) is 0 Å². The Bertz CT molecular complexity index is 227. The molecule has 16 heavy (non-hydrogen) atoms. The molecular weight excluding hydrogens is 202 g/mol. The van der Waals surface area contributed by atoms with Gasteiger partial charge in [0.15, 0.2) is 0 Å². The number of carbonyl (C=O) groups excluding carboxylic acids is 1. The summed E-state index contributed by atoms with van der Waals surface area (Å²) in [5.74, 6) is -0.155. The summed E-state index contributed by atoms with van der Waals surface area (Å²) in [5.41, 5.74) is -0.376. The Balaban J connectivity index is 2.23. The van der Waals surface area contributed by atoms with Gasteiger partial charge in [-0.1, -0.05) is 19.8 Å². The van der Waals surface area contributed by atoms with E-state index in [0.717, 1.165) is 6.54 Å². The van der Waals surface area contributed by atoms with Gasteiger partial charge in [-0.05, 0) is 33.6 Å². The minimum Gasteiger partial charge on any atom is -0.460 e. The normalized spacial score (nSPS) is 19.8. The van der Waals surface area contributed by atoms with Crippen molar-refractivity contribution in [3.8, 4) is 0 Å². The van der Waals surface area contributed by atoms with E-state index in [1.807, 2.05) is 27.7 Å². The first-order chi connectivity index (χ1) is 7.38. The van der Waals surface area contributed by atoms with Crippen LogP contribution in [0.4, 0.5) is 0 Å². The zero-order chi connectivity index (χ0) is 12.2. The van der Waals surface area contributed by atoms with Crippen LogP contribution in [0.1, 0.15) is 53.4 Å². The Morgan fingerprint density at radius 1 is 1.38 bits per heavy atom. The van der Waals surface area contributed by atoms with Crippen LogP contribution in [0.3, 0.4) is 0 Å². The molecular formula is C13H25NO2. The van der Waals surface area contributed by atoms with Gasteiger partial charge in [0.2, 0.25) is 0 Å². The third-order valence-corrected chi connectivity index (χ3v) is 2.88. The molecule has 1 aliphatic rings. The number of nitrogens with one attached hydrogen (secondary N) is 1. The first-order valence-corrected chi connectivity index (χ1v) is 6.35. The maximum absolute atomic E-state index is 11.7. The number of hydrogen-bond acceptors (Lipinski definition) is 3. The molecule has 0 aromatic heterocycles. The van der Waals surface area contributed by atoms with Crippen LogP contribution in [0, 0.1) is 5.92 Å². The molecule has 0 unspecified atom stereocenters. The van der Waals surface area contributed by atoms with Gasteiger partial charge in [-0.15, -0.1) is 0 Å². The van der Waals surface area contributed by atoms with Gasteiger partial charge in [-0.2, -0.15) is 0 Å². The van der Waals surface area contributed by atoms with Crippen LogP contribution >= 0.6 is 0 Å². The number of esters is 1. The van der Waals surface area contributed by atoms with Gasteiger partial charge >= 0.3 is 5.97 Å². The Hall–Kier alpha value is -0.570. The van der Waals surface area contributed by atoms with Gasteiger partial charge in [0.25, 0.3) is 0 Å². The van der Waals surface area contributed by atoms with E-state index in [2.05, 4.69) is 5.32 Å². The highest BCUT2D eigenvalue weighted by Gasteiger charge is 2.23. The number of carbonyl (C=O) groups is 1. The van der Waals surface area contributed by atoms with Crippen molar-refractivity contribution in [2.75, 3.05) is 6.54 Å². The van der Waals surface area contributed by atoms with Crippen molar-refractivity contribution >= 4 is 5.97 Å². The first-order valence-electron chi connectivity index (χ1n) is 6.35. The van der Waals surface area contributed by atoms with E-state index in [1.54, 1.807) is 0 Å². The summed E-state index contributed by atoms with van der Waals surface area (Å²) < 4.78 is 5.34. The molecule has 3 heteroatoms. The van der Waals surface area contributed by atoms with E-state index in [-0.39, 0.29) is 17.5 Å². The number of ether oxygens (including phenoxy) is 1. The van der Waals surface area contributed by atoms with E-state index in [4.69, 9.17) is 4.74 Å². The standard InChI is InChI=1S/C13H25NO2/c1-10(12(15)16-13(2,3)4)9-14-11-7-5-6-8-11/h10-11,14H,5-9H2,1-4H3/t10-/m0/s1. The van der Waals surface area contributed by atoms with Gasteiger partial charge in [0.1, 0.15) is 5.60 Å². The fourth-order valence-corrected chi connectivity index (χ4v) is 1.96. The molecule has 1 rings (SSSR count). The van der Waals surface area contributed by atoms with Gasteiger partial charge < -0.3 is 10.1 Å². The number of hydrogen-bond donors (Lipinski definition) is 1. The molecule has 0 aromatic carbocycles. The third kappa shape index (κ3) is 4.97. The van der Waals surface area contributed by atoms with Crippen LogP contribution in [0.25, 0.3) is 0 Å². The van der Waals surface area contributed by atoms with Gasteiger partial charge in [-0.25, -0.2) is 0 Å². The van der Waals surface area contributed by atoms with Gasteiger partial charge in [0.05, 0.1) is 5.92 Å². The van der Waals surface area contributed by atoms with Crippen molar-refractivity contribution in [3.05, 3.63) is 0 Å². The quantitative estimate of drug-likeness (QED) is 0.750. The molecule has 0 heterocycles. The molecule has 1 fully saturated rings. The predicted octanol–water partition coefficient (Wildman–Crippen LogP) is 2.50. The minimum atomic E-state index is -0.376. The second-order valence-corrected chi connectivity index (χ2v) is 5.82. The highest BCUT2D eigenvalue weighted by molar-refractivity contribution is 5.72. The zero-order valence-corrected chi connectivity index (χ0v) is 11.0. The molecule has 1 saturated carbocycles. The first kappa shape index (κ1) is 13.5. The molecule has 1 aliphatic carbocycles. The Morgan fingerprint density at radius 2 is 1.94 bits per heavy atom. The van der Waals surface area contributed by atoms with Crippen molar-refractivity contribution in [3.63, 3.8) is 0 Å². The molecule has 3 nitrogen and oxygen atoms in total. The molecule has 0 spiro atoms. The molecule has 0 bridgehead atoms. The lowest BCUT2D eigenvalue weighted by Gasteiger charge is -2.23. The Kier molecular flexibility index (Phi) is 4.78. The third-order valence-electron chi connectivity index (χ3n) is 2.88. The molecule has 94 valence electrons. The summed E-state index contributed by atoms with van der Waals surface area (Å²) in [7, 11) is 0. The maximum atomic E-state index is 11.7. The Labute approximate surface area is 98.9 Å². The second kappa shape index (κ2) is 5.67. The van der Waals surface area contributed by atoms with Gasteiger partial charge in [0, 0.05) is 12.6 Å². The lowest BCUT2D eigenvalue weighted by molar-refractivity contribution is -0.159. The highest BCUT2D eigenvalue weighted by atomic mass is 16.6. The lowest BCUT2D eigenvalue weighted by atomic mass is 10.1. The van der Waals surface area contributed by atoms with Crippen LogP contribution in [0.5, 0.6) is 0 Å². The van der Waals surface area contributed by atoms with E-state index in [9.17, 15) is 4.79 Å². The van der Waals surface area contributed by atoms with E-state index >= 15 is 0 Å². The molecule has 1 N–H and O–H groups in total. The predicted molar refractivity (Wildman–Crippen MR) is 65.3 cm³/mol. The second-order valence-electron chi connectivity index (χ2n) is 5.82. The van der Waals surface area contributed by atoms with E-state index in [1.165, 1.54) is 25.7 Å². The van der Waals surface area contributed by atoms with E-state index in [0.29, 0.717) is 6.04 Å². The fraction of sp³-hybridized carbons (Fsp3) is 0.923. The Morgan fingerprint density at radius 3 is 2.44 bits per heavy atom. The summed E-state index contributed by atoms with van der Waals surface area (Å²) in [6.07, 6.45) is 5.14. The summed E-state index contributed by atoms with van der Waals surface area (Å²) in [6.45, 7) is 8.38. The average Bonchev–Trinajstić information content (AvgIpc) is 2.63. The van der Waals surface area contributed by atoms with Crippen LogP contribution in [0.2, 0.25) is 0 Å². The SMILES string of the molecule is C[C@@H](CNC1CCCC1)C(=O)OC(C)(C)C. The largest absolute Gasteiger partial charge is 0.460 e. The van der Waals surface area contributed by atoms with Crippen LogP contribution < -0.4 is 5.32 Å². The van der Waals surface area contributed by atoms with Crippen molar-refractivity contribution in [2.24, 2.45) is 5.92 Å². The smallest absolute Gasteiger partial charge is 0.310 e. The van der Waals surface area contributed by atoms with Gasteiger partial charge in [-0.3, -0.25) is 4.79 Å². The maximum Gasteiger partial charge on any atom is 0.310 e. The zero-order valence-electron chi connectivity index (χ0n) is 11.0. The summed E-state index contributed by atoms with van der Waals surface area (Å²) in [6, 6.07) is 0.616. The molecule has 1 atom stereocenters. The van der Waals surface area contributed by atoms with Crippen molar-refractivity contribution < 1.29 is 9.53 Å². The van der Waals surface area contributed by atoms with E-state index < -0.39 is 0 Å². The van der Waals surface area contributed by atoms with Crippen LogP contribution in [-0.4, -0.2) is 24.2 Å². The van der Waals surface area contributed by atoms with Crippen molar-refractivity contribution in [1.29, 1.82) is 0 Å². The molecule has 0 radical (unpaired) electrons. The van der Waals surface area contributed by atoms with Crippen LogP contribution in [-0.2, 0) is 9.53 Å². The summed E-state index contributed by atoms with van der Waals surface area (Å²) >= 11 is 0. The fourth-order valence-electron chi connectivity index (χ4n) is 1.96. The minimum absolute atomic E-state index is 0.0557. The topological polar surface area (TPSA) is 38.3 Å². The van der Waals surface area contributed by atoms with Crippen molar-refractivity contribution in [2.45, 2.75) is 65.0 Å². The summed E-state index contributed by atoms with van der Waals surface area (Å²) in [5, 5.41) is 3.45. The summed E-state index contributed by atoms with van der Waals surface area (Å²) in [4.78, 5) is 11.7. The van der Waals surface area contributed by atoms with Crippen molar-refractivity contribution in [1.82, 2.24) is 5.32 Å². The lowest BCUT2D eigenvalue weighted by Crippen LogP contribution is -2.36. The molecule has 0 amide bonds. The molecule has 0 saturated heterocycles.